The maximum atomic E-state index is 13.3. The fraction of sp³-hybridized carbons (Fsp3) is 0.871. The summed E-state index contributed by atoms with van der Waals surface area (Å²) in [6.45, 7) is 12.9. The Balaban J connectivity index is 1.47. The van der Waals surface area contributed by atoms with Gasteiger partial charge in [-0.25, -0.2) is 4.79 Å². The van der Waals surface area contributed by atoms with E-state index >= 15 is 0 Å². The van der Waals surface area contributed by atoms with E-state index in [1.165, 1.54) is 32.1 Å². The van der Waals surface area contributed by atoms with E-state index in [0.717, 1.165) is 18.8 Å². The molecule has 5 aliphatic carbocycles. The van der Waals surface area contributed by atoms with E-state index in [2.05, 4.69) is 27.7 Å². The molecule has 0 aromatic heterocycles. The largest absolute Gasteiger partial charge is 0.461 e. The van der Waals surface area contributed by atoms with Gasteiger partial charge in [-0.15, -0.1) is 0 Å². The van der Waals surface area contributed by atoms with Crippen LogP contribution < -0.4 is 0 Å². The zero-order valence-corrected chi connectivity index (χ0v) is 23.5. The molecule has 1 heterocycles. The Morgan fingerprint density at radius 1 is 1.08 bits per heavy atom. The molecule has 37 heavy (non-hydrogen) atoms. The molecule has 12 atom stereocenters. The molecule has 0 aromatic carbocycles. The first-order valence-corrected chi connectivity index (χ1v) is 14.8. The van der Waals surface area contributed by atoms with Gasteiger partial charge in [0.25, 0.3) is 0 Å². The molecule has 4 fully saturated rings. The van der Waals surface area contributed by atoms with Crippen molar-refractivity contribution in [3.05, 3.63) is 11.1 Å². The summed E-state index contributed by atoms with van der Waals surface area (Å²) in [6.07, 6.45) is 6.19. The number of hydrogen-bond acceptors (Lipinski definition) is 6. The molecule has 0 amide bonds. The van der Waals surface area contributed by atoms with Crippen LogP contribution in [0.25, 0.3) is 0 Å². The Bertz CT molecular complexity index is 1050. The smallest absolute Gasteiger partial charge is 0.335 e. The van der Waals surface area contributed by atoms with Crippen molar-refractivity contribution in [3.8, 4) is 0 Å². The van der Waals surface area contributed by atoms with Crippen LogP contribution in [-0.4, -0.2) is 46.6 Å². The van der Waals surface area contributed by atoms with Gasteiger partial charge in [-0.2, -0.15) is 0 Å². The van der Waals surface area contributed by atoms with Crippen molar-refractivity contribution in [2.75, 3.05) is 0 Å². The van der Waals surface area contributed by atoms with Crippen LogP contribution in [0, 0.1) is 45.3 Å². The first-order chi connectivity index (χ1) is 17.3. The van der Waals surface area contributed by atoms with Crippen molar-refractivity contribution in [1.29, 1.82) is 0 Å². The maximum Gasteiger partial charge on any atom is 0.335 e. The first-order valence-electron chi connectivity index (χ1n) is 14.8. The van der Waals surface area contributed by atoms with E-state index in [0.29, 0.717) is 34.8 Å². The van der Waals surface area contributed by atoms with Gasteiger partial charge in [0, 0.05) is 11.0 Å². The molecule has 206 valence electrons. The highest BCUT2D eigenvalue weighted by molar-refractivity contribution is 5.94. The normalized spacial score (nSPS) is 53.0. The van der Waals surface area contributed by atoms with Crippen LogP contribution in [0.2, 0.25) is 0 Å². The van der Waals surface area contributed by atoms with Crippen molar-refractivity contribution in [1.82, 2.24) is 0 Å². The highest BCUT2D eigenvalue weighted by Gasteiger charge is 2.73. The minimum Gasteiger partial charge on any atom is -0.461 e. The van der Waals surface area contributed by atoms with Crippen LogP contribution in [0.3, 0.4) is 0 Å². The Kier molecular flexibility index (Phi) is 5.63. The minimum atomic E-state index is -0.782. The number of cyclic esters (lactones) is 1. The second-order valence-electron chi connectivity index (χ2n) is 14.6. The summed E-state index contributed by atoms with van der Waals surface area (Å²) in [5.74, 6) is 1.03. The molecule has 6 heteroatoms. The molecule has 0 saturated heterocycles. The molecule has 0 aromatic rings. The SMILES string of the molecule is CC(O)CC(=O)O[C@H]1C[C@@H]2[C@@]3(C)CCC[C@@]4(C[C@@H]4C)[C@@H]3CC[C@@]2(C)[C@@H]2C[C@@H](O)C3=C(C(=O)O[C@H]3C)[C@@]12C. The third-order valence-electron chi connectivity index (χ3n) is 12.9. The highest BCUT2D eigenvalue weighted by atomic mass is 16.6. The predicted molar refractivity (Wildman–Crippen MR) is 138 cm³/mol. The molecule has 2 N–H and O–H groups in total. The molecule has 0 radical (unpaired) electrons. The van der Waals surface area contributed by atoms with Crippen LogP contribution in [0.15, 0.2) is 11.1 Å². The van der Waals surface area contributed by atoms with Gasteiger partial charge in [-0.1, -0.05) is 34.1 Å². The number of fused-ring (bicyclic) bond motifs is 7. The molecular weight excluding hydrogens is 468 g/mol. The van der Waals surface area contributed by atoms with Gasteiger partial charge in [-0.3, -0.25) is 4.79 Å². The Labute approximate surface area is 221 Å². The van der Waals surface area contributed by atoms with Crippen LogP contribution in [0.1, 0.15) is 99.3 Å². The number of aliphatic hydroxyl groups is 2. The molecule has 1 aliphatic heterocycles. The molecule has 6 rings (SSSR count). The van der Waals surface area contributed by atoms with Gasteiger partial charge in [0.15, 0.2) is 0 Å². The fourth-order valence-electron chi connectivity index (χ4n) is 11.3. The lowest BCUT2D eigenvalue weighted by Gasteiger charge is -2.69. The minimum absolute atomic E-state index is 0.00183. The van der Waals surface area contributed by atoms with Gasteiger partial charge >= 0.3 is 11.9 Å². The van der Waals surface area contributed by atoms with Crippen molar-refractivity contribution in [2.45, 2.75) is 124 Å². The summed E-state index contributed by atoms with van der Waals surface area (Å²) in [7, 11) is 0. The highest BCUT2D eigenvalue weighted by Crippen LogP contribution is 2.78. The number of esters is 2. The van der Waals surface area contributed by atoms with Gasteiger partial charge in [0.1, 0.15) is 12.2 Å². The summed E-state index contributed by atoms with van der Waals surface area (Å²) in [5, 5.41) is 21.3. The number of carbonyl (C=O) groups excluding carboxylic acids is 2. The molecule has 1 spiro atoms. The average molecular weight is 515 g/mol. The molecule has 6 nitrogen and oxygen atoms in total. The summed E-state index contributed by atoms with van der Waals surface area (Å²) in [4.78, 5) is 26.4. The fourth-order valence-corrected chi connectivity index (χ4v) is 11.3. The number of rotatable bonds is 3. The van der Waals surface area contributed by atoms with Gasteiger partial charge in [0.05, 0.1) is 24.2 Å². The van der Waals surface area contributed by atoms with Crippen LogP contribution >= 0.6 is 0 Å². The van der Waals surface area contributed by atoms with Gasteiger partial charge in [0.2, 0.25) is 0 Å². The van der Waals surface area contributed by atoms with Crippen molar-refractivity contribution >= 4 is 11.9 Å². The third-order valence-corrected chi connectivity index (χ3v) is 12.9. The second-order valence-corrected chi connectivity index (χ2v) is 14.6. The number of aliphatic hydroxyl groups excluding tert-OH is 2. The first kappa shape index (κ1) is 25.9. The zero-order valence-electron chi connectivity index (χ0n) is 23.5. The van der Waals surface area contributed by atoms with Crippen molar-refractivity contribution < 1.29 is 29.3 Å². The van der Waals surface area contributed by atoms with Gasteiger partial charge in [-0.05, 0) is 98.7 Å². The van der Waals surface area contributed by atoms with Crippen LogP contribution in [0.5, 0.6) is 0 Å². The van der Waals surface area contributed by atoms with Crippen molar-refractivity contribution in [3.63, 3.8) is 0 Å². The van der Waals surface area contributed by atoms with E-state index in [1.807, 2.05) is 6.92 Å². The maximum absolute atomic E-state index is 13.3. The topological polar surface area (TPSA) is 93.1 Å². The monoisotopic (exact) mass is 514 g/mol. The Hall–Kier alpha value is -1.40. The Morgan fingerprint density at radius 2 is 1.76 bits per heavy atom. The molecule has 0 bridgehead atoms. The number of hydrogen-bond donors (Lipinski definition) is 2. The molecule has 1 unspecified atom stereocenters. The Morgan fingerprint density at radius 3 is 2.41 bits per heavy atom. The lowest BCUT2D eigenvalue weighted by atomic mass is 9.35. The van der Waals surface area contributed by atoms with Crippen LogP contribution in [0.4, 0.5) is 0 Å². The van der Waals surface area contributed by atoms with E-state index in [4.69, 9.17) is 9.47 Å². The quantitative estimate of drug-likeness (QED) is 0.518. The zero-order chi connectivity index (χ0) is 26.7. The predicted octanol–water partition coefficient (Wildman–Crippen LogP) is 4.95. The summed E-state index contributed by atoms with van der Waals surface area (Å²) in [6, 6.07) is 0. The third kappa shape index (κ3) is 3.30. The number of carbonyl (C=O) groups is 2. The van der Waals surface area contributed by atoms with E-state index < -0.39 is 35.8 Å². The summed E-state index contributed by atoms with van der Waals surface area (Å²) in [5.41, 5.74) is 1.07. The molecule has 6 aliphatic rings. The number of ether oxygens (including phenoxy) is 2. The summed E-state index contributed by atoms with van der Waals surface area (Å²) >= 11 is 0. The van der Waals surface area contributed by atoms with E-state index in [9.17, 15) is 19.8 Å². The van der Waals surface area contributed by atoms with Crippen molar-refractivity contribution in [2.24, 2.45) is 45.3 Å². The molecular formula is C31H46O6. The average Bonchev–Trinajstić information content (AvgIpc) is 3.30. The lowest BCUT2D eigenvalue weighted by Crippen LogP contribution is -2.66. The van der Waals surface area contributed by atoms with Gasteiger partial charge < -0.3 is 19.7 Å². The second kappa shape index (κ2) is 8.06. The molecule has 4 saturated carbocycles. The van der Waals surface area contributed by atoms with E-state index in [1.54, 1.807) is 6.92 Å². The summed E-state index contributed by atoms with van der Waals surface area (Å²) < 4.78 is 12.0. The standard InChI is InChI=1S/C31H46O6/c1-16-15-31(16)10-7-9-28(4)20(31)8-11-29(5)21(28)14-23(37-24(34)12-17(2)32)30(6)22(29)13-19(33)25-18(3)36-27(35)26(25)30/h16-23,32-33H,7-15H2,1-6H3/t16-,17?,18-,19+,20+,21+,22-,23-,28-,29+,30+,31-/m0/s1. The van der Waals surface area contributed by atoms with E-state index in [-0.39, 0.29) is 29.1 Å². The lowest BCUT2D eigenvalue weighted by molar-refractivity contribution is -0.226. The van der Waals surface area contributed by atoms with Crippen LogP contribution in [-0.2, 0) is 19.1 Å².